The molecule has 1 aliphatic rings. The Morgan fingerprint density at radius 2 is 2.35 bits per heavy atom. The Morgan fingerprint density at radius 3 is 3.00 bits per heavy atom. The summed E-state index contributed by atoms with van der Waals surface area (Å²) < 4.78 is 6.14. The summed E-state index contributed by atoms with van der Waals surface area (Å²) in [4.78, 5) is 14.2. The third-order valence-corrected chi connectivity index (χ3v) is 4.29. The number of benzene rings is 1. The second kappa shape index (κ2) is 7.09. The highest BCUT2D eigenvalue weighted by molar-refractivity contribution is 9.10. The van der Waals surface area contributed by atoms with E-state index in [1.54, 1.807) is 7.11 Å². The Hall–Kier alpha value is -1.07. The molecule has 1 saturated heterocycles. The molecule has 1 aromatic rings. The van der Waals surface area contributed by atoms with Crippen LogP contribution in [0.25, 0.3) is 0 Å². The van der Waals surface area contributed by atoms with Crippen LogP contribution in [0.5, 0.6) is 5.75 Å². The Labute approximate surface area is 128 Å². The summed E-state index contributed by atoms with van der Waals surface area (Å²) in [5, 5.41) is 3.30. The minimum absolute atomic E-state index is 0.242. The van der Waals surface area contributed by atoms with Gasteiger partial charge in [0.15, 0.2) is 0 Å². The van der Waals surface area contributed by atoms with E-state index < -0.39 is 0 Å². The number of aryl methyl sites for hydroxylation is 1. The molecule has 2 rings (SSSR count). The summed E-state index contributed by atoms with van der Waals surface area (Å²) in [6.45, 7) is 4.68. The lowest BCUT2D eigenvalue weighted by molar-refractivity contribution is -0.133. The highest BCUT2D eigenvalue weighted by atomic mass is 79.9. The number of nitrogens with one attached hydrogen (secondary N) is 1. The number of carbonyl (C=O) groups excluding carboxylic acids is 1. The fourth-order valence-electron chi connectivity index (χ4n) is 2.47. The first-order valence-corrected chi connectivity index (χ1v) is 7.73. The standard InChI is InChI=1S/C15H21BrN2O2/c1-11-10-17-7-8-18(11)15(19)6-4-12-3-5-14(20-2)13(16)9-12/h3,5,9,11,17H,4,6-8,10H2,1-2H3/t11-/m0/s1. The molecular weight excluding hydrogens is 320 g/mol. The van der Waals surface area contributed by atoms with Gasteiger partial charge in [0, 0.05) is 32.1 Å². The molecule has 0 spiro atoms. The molecule has 110 valence electrons. The van der Waals surface area contributed by atoms with Crippen LogP contribution in [0.15, 0.2) is 22.7 Å². The molecule has 0 saturated carbocycles. The van der Waals surface area contributed by atoms with E-state index >= 15 is 0 Å². The van der Waals surface area contributed by atoms with Crippen molar-refractivity contribution < 1.29 is 9.53 Å². The van der Waals surface area contributed by atoms with Crippen LogP contribution in [-0.4, -0.2) is 43.6 Å². The van der Waals surface area contributed by atoms with Gasteiger partial charge in [-0.3, -0.25) is 4.79 Å². The monoisotopic (exact) mass is 340 g/mol. The smallest absolute Gasteiger partial charge is 0.223 e. The van der Waals surface area contributed by atoms with Crippen LogP contribution >= 0.6 is 15.9 Å². The number of ether oxygens (including phenoxy) is 1. The topological polar surface area (TPSA) is 41.6 Å². The van der Waals surface area contributed by atoms with Gasteiger partial charge < -0.3 is 15.0 Å². The van der Waals surface area contributed by atoms with E-state index in [4.69, 9.17) is 4.74 Å². The van der Waals surface area contributed by atoms with E-state index in [-0.39, 0.29) is 5.91 Å². The summed E-state index contributed by atoms with van der Waals surface area (Å²) in [6.07, 6.45) is 1.32. The molecule has 20 heavy (non-hydrogen) atoms. The van der Waals surface area contributed by atoms with Crippen molar-refractivity contribution in [2.24, 2.45) is 0 Å². The van der Waals surface area contributed by atoms with E-state index in [9.17, 15) is 4.79 Å². The molecule has 1 N–H and O–H groups in total. The van der Waals surface area contributed by atoms with Crippen molar-refractivity contribution in [3.05, 3.63) is 28.2 Å². The lowest BCUT2D eigenvalue weighted by atomic mass is 10.1. The largest absolute Gasteiger partial charge is 0.496 e. The summed E-state index contributed by atoms with van der Waals surface area (Å²) in [7, 11) is 1.65. The molecule has 1 amide bonds. The van der Waals surface area contributed by atoms with Crippen LogP contribution in [0.3, 0.4) is 0 Å². The third-order valence-electron chi connectivity index (χ3n) is 3.67. The van der Waals surface area contributed by atoms with Gasteiger partial charge in [0.25, 0.3) is 0 Å². The lowest BCUT2D eigenvalue weighted by Crippen LogP contribution is -2.52. The van der Waals surface area contributed by atoms with Gasteiger partial charge in [-0.1, -0.05) is 6.07 Å². The van der Waals surface area contributed by atoms with E-state index in [2.05, 4.69) is 28.2 Å². The number of rotatable bonds is 4. The van der Waals surface area contributed by atoms with E-state index in [0.29, 0.717) is 12.5 Å². The van der Waals surface area contributed by atoms with Gasteiger partial charge in [0.2, 0.25) is 5.91 Å². The Kier molecular flexibility index (Phi) is 5.43. The molecule has 0 radical (unpaired) electrons. The van der Waals surface area contributed by atoms with Crippen molar-refractivity contribution in [3.8, 4) is 5.75 Å². The Bertz CT molecular complexity index is 479. The van der Waals surface area contributed by atoms with Gasteiger partial charge >= 0.3 is 0 Å². The van der Waals surface area contributed by atoms with Crippen molar-refractivity contribution in [1.29, 1.82) is 0 Å². The number of piperazine rings is 1. The van der Waals surface area contributed by atoms with Gasteiger partial charge in [0.1, 0.15) is 5.75 Å². The van der Waals surface area contributed by atoms with Gasteiger partial charge in [-0.05, 0) is 47.0 Å². The normalized spacial score (nSPS) is 18.9. The number of hydrogen-bond acceptors (Lipinski definition) is 3. The van der Waals surface area contributed by atoms with Gasteiger partial charge in [0.05, 0.1) is 11.6 Å². The number of methoxy groups -OCH3 is 1. The second-order valence-corrected chi connectivity index (χ2v) is 5.96. The maximum atomic E-state index is 12.3. The SMILES string of the molecule is COc1ccc(CCC(=O)N2CCNC[C@@H]2C)cc1Br. The van der Waals surface area contributed by atoms with Crippen molar-refractivity contribution in [3.63, 3.8) is 0 Å². The minimum Gasteiger partial charge on any atom is -0.496 e. The van der Waals surface area contributed by atoms with E-state index in [0.717, 1.165) is 41.8 Å². The van der Waals surface area contributed by atoms with Gasteiger partial charge in [-0.2, -0.15) is 0 Å². The van der Waals surface area contributed by atoms with Crippen LogP contribution in [0, 0.1) is 0 Å². The molecule has 1 aromatic carbocycles. The fourth-order valence-corrected chi connectivity index (χ4v) is 3.06. The number of amides is 1. The van der Waals surface area contributed by atoms with Crippen LogP contribution in [0.4, 0.5) is 0 Å². The molecule has 5 heteroatoms. The summed E-state index contributed by atoms with van der Waals surface area (Å²) >= 11 is 3.47. The Balaban J connectivity index is 1.91. The third kappa shape index (κ3) is 3.73. The average Bonchev–Trinajstić information content (AvgIpc) is 2.45. The molecule has 0 unspecified atom stereocenters. The van der Waals surface area contributed by atoms with E-state index in [1.165, 1.54) is 0 Å². The highest BCUT2D eigenvalue weighted by Gasteiger charge is 2.22. The summed E-state index contributed by atoms with van der Waals surface area (Å²) in [5.74, 6) is 1.06. The molecule has 1 aliphatic heterocycles. The first-order valence-electron chi connectivity index (χ1n) is 6.94. The van der Waals surface area contributed by atoms with Crippen LogP contribution in [-0.2, 0) is 11.2 Å². The zero-order valence-electron chi connectivity index (χ0n) is 12.0. The zero-order valence-corrected chi connectivity index (χ0v) is 13.6. The highest BCUT2D eigenvalue weighted by Crippen LogP contribution is 2.26. The van der Waals surface area contributed by atoms with Crippen LogP contribution in [0.1, 0.15) is 18.9 Å². The van der Waals surface area contributed by atoms with Crippen molar-refractivity contribution >= 4 is 21.8 Å². The number of carbonyl (C=O) groups is 1. The van der Waals surface area contributed by atoms with E-state index in [1.807, 2.05) is 23.1 Å². The summed E-state index contributed by atoms with van der Waals surface area (Å²) in [5.41, 5.74) is 1.15. The predicted octanol–water partition coefficient (Wildman–Crippen LogP) is 2.21. The lowest BCUT2D eigenvalue weighted by Gasteiger charge is -2.34. The molecule has 4 nitrogen and oxygen atoms in total. The van der Waals surface area contributed by atoms with Crippen LogP contribution in [0.2, 0.25) is 0 Å². The van der Waals surface area contributed by atoms with Gasteiger partial charge in [-0.25, -0.2) is 0 Å². The molecular formula is C15H21BrN2O2. The predicted molar refractivity (Wildman–Crippen MR) is 83.1 cm³/mol. The van der Waals surface area contributed by atoms with Crippen molar-refractivity contribution in [2.45, 2.75) is 25.8 Å². The molecule has 0 aliphatic carbocycles. The zero-order chi connectivity index (χ0) is 14.5. The molecule has 1 heterocycles. The van der Waals surface area contributed by atoms with Gasteiger partial charge in [-0.15, -0.1) is 0 Å². The van der Waals surface area contributed by atoms with Crippen molar-refractivity contribution in [1.82, 2.24) is 10.2 Å². The minimum atomic E-state index is 0.242. The number of hydrogen-bond donors (Lipinski definition) is 1. The average molecular weight is 341 g/mol. The first-order chi connectivity index (χ1) is 9.61. The fraction of sp³-hybridized carbons (Fsp3) is 0.533. The number of halogens is 1. The quantitative estimate of drug-likeness (QED) is 0.913. The molecule has 0 bridgehead atoms. The second-order valence-electron chi connectivity index (χ2n) is 5.11. The van der Waals surface area contributed by atoms with Crippen LogP contribution < -0.4 is 10.1 Å². The maximum Gasteiger partial charge on any atom is 0.223 e. The van der Waals surface area contributed by atoms with Crippen molar-refractivity contribution in [2.75, 3.05) is 26.7 Å². The first kappa shape index (κ1) is 15.3. The number of nitrogens with zero attached hydrogens (tertiary/aromatic N) is 1. The summed E-state index contributed by atoms with van der Waals surface area (Å²) in [6, 6.07) is 6.25. The molecule has 1 atom stereocenters. The maximum absolute atomic E-state index is 12.3. The Morgan fingerprint density at radius 1 is 1.55 bits per heavy atom. The molecule has 1 fully saturated rings. The molecule has 0 aromatic heterocycles.